The molecule has 0 spiro atoms. The summed E-state index contributed by atoms with van der Waals surface area (Å²) in [5, 5.41) is 7.26. The maximum absolute atomic E-state index is 6.04. The number of aromatic nitrogens is 1. The fourth-order valence-corrected chi connectivity index (χ4v) is 2.59. The van der Waals surface area contributed by atoms with Crippen LogP contribution in [-0.2, 0) is 0 Å². The quantitative estimate of drug-likeness (QED) is 0.377. The monoisotopic (exact) mass is 349 g/mol. The molecule has 0 aliphatic rings. The van der Waals surface area contributed by atoms with Gasteiger partial charge in [0.2, 0.25) is 0 Å². The van der Waals surface area contributed by atoms with Gasteiger partial charge >= 0.3 is 0 Å². The van der Waals surface area contributed by atoms with Gasteiger partial charge in [-0.2, -0.15) is 5.10 Å². The summed E-state index contributed by atoms with van der Waals surface area (Å²) in [5.41, 5.74) is 3.77. The van der Waals surface area contributed by atoms with Crippen LogP contribution in [0.1, 0.15) is 5.56 Å². The summed E-state index contributed by atoms with van der Waals surface area (Å²) in [6.07, 6.45) is 1.71. The lowest BCUT2D eigenvalue weighted by Crippen LogP contribution is -1.95. The summed E-state index contributed by atoms with van der Waals surface area (Å²) < 4.78 is 0. The van der Waals surface area contributed by atoms with Crippen molar-refractivity contribution in [3.63, 3.8) is 0 Å². The highest BCUT2D eigenvalue weighted by Crippen LogP contribution is 2.28. The Bertz CT molecular complexity index is 857. The summed E-state index contributed by atoms with van der Waals surface area (Å²) in [7, 11) is 0. The zero-order chi connectivity index (χ0) is 15.5. The van der Waals surface area contributed by atoms with Gasteiger partial charge in [0.05, 0.1) is 16.3 Å². The van der Waals surface area contributed by atoms with Crippen LogP contribution in [-0.4, -0.2) is 11.2 Å². The lowest BCUT2D eigenvalue weighted by Gasteiger charge is -2.05. The van der Waals surface area contributed by atoms with E-state index in [0.29, 0.717) is 15.9 Å². The molecule has 3 rings (SSSR count). The van der Waals surface area contributed by atoms with E-state index in [-0.39, 0.29) is 5.15 Å². The van der Waals surface area contributed by atoms with Gasteiger partial charge in [-0.3, -0.25) is 5.43 Å². The SMILES string of the molecule is Clc1cc(Cl)c(NN=Cc2cccc3ccccc23)nc1Cl. The van der Waals surface area contributed by atoms with E-state index >= 15 is 0 Å². The van der Waals surface area contributed by atoms with Gasteiger partial charge in [-0.05, 0) is 16.8 Å². The Hall–Kier alpha value is -1.81. The third-order valence-electron chi connectivity index (χ3n) is 3.08. The lowest BCUT2D eigenvalue weighted by atomic mass is 10.1. The van der Waals surface area contributed by atoms with Crippen molar-refractivity contribution in [2.24, 2.45) is 5.10 Å². The van der Waals surface area contributed by atoms with Crippen LogP contribution >= 0.6 is 34.8 Å². The number of fused-ring (bicyclic) bond motifs is 1. The average Bonchev–Trinajstić information content (AvgIpc) is 2.52. The number of rotatable bonds is 3. The van der Waals surface area contributed by atoms with Crippen LogP contribution in [0.25, 0.3) is 10.8 Å². The van der Waals surface area contributed by atoms with Crippen LogP contribution in [0.3, 0.4) is 0 Å². The van der Waals surface area contributed by atoms with Gasteiger partial charge in [-0.15, -0.1) is 0 Å². The Kier molecular flexibility index (Phi) is 4.48. The molecule has 2 aromatic carbocycles. The highest BCUT2D eigenvalue weighted by molar-refractivity contribution is 6.42. The topological polar surface area (TPSA) is 37.3 Å². The first-order valence-electron chi connectivity index (χ1n) is 6.43. The Morgan fingerprint density at radius 1 is 0.955 bits per heavy atom. The van der Waals surface area contributed by atoms with E-state index in [4.69, 9.17) is 34.8 Å². The molecular formula is C16H10Cl3N3. The van der Waals surface area contributed by atoms with Gasteiger partial charge in [0.25, 0.3) is 0 Å². The van der Waals surface area contributed by atoms with E-state index in [1.165, 1.54) is 6.07 Å². The summed E-state index contributed by atoms with van der Waals surface area (Å²) in [5.74, 6) is 0.354. The molecule has 0 atom stereocenters. The number of anilines is 1. The van der Waals surface area contributed by atoms with Crippen molar-refractivity contribution in [3.05, 3.63) is 69.3 Å². The summed E-state index contributed by atoms with van der Waals surface area (Å²) >= 11 is 17.7. The maximum atomic E-state index is 6.04. The number of hydrogen-bond acceptors (Lipinski definition) is 3. The van der Waals surface area contributed by atoms with Crippen LogP contribution < -0.4 is 5.43 Å². The molecule has 0 bridgehead atoms. The van der Waals surface area contributed by atoms with Gasteiger partial charge < -0.3 is 0 Å². The molecule has 1 aromatic heterocycles. The molecule has 0 aliphatic carbocycles. The molecule has 0 saturated heterocycles. The molecule has 0 fully saturated rings. The largest absolute Gasteiger partial charge is 0.260 e. The number of hydrogen-bond donors (Lipinski definition) is 1. The molecule has 110 valence electrons. The molecule has 0 radical (unpaired) electrons. The highest BCUT2D eigenvalue weighted by atomic mass is 35.5. The normalized spacial score (nSPS) is 11.2. The van der Waals surface area contributed by atoms with Crippen molar-refractivity contribution in [2.75, 3.05) is 5.43 Å². The summed E-state index contributed by atoms with van der Waals surface area (Å²) in [4.78, 5) is 4.04. The van der Waals surface area contributed by atoms with Crippen molar-refractivity contribution < 1.29 is 0 Å². The molecule has 0 saturated carbocycles. The molecule has 22 heavy (non-hydrogen) atoms. The molecule has 0 aliphatic heterocycles. The standard InChI is InChI=1S/C16H10Cl3N3/c17-13-8-14(18)16(21-15(13)19)22-20-9-11-6-3-5-10-4-1-2-7-12(10)11/h1-9H,(H,21,22). The van der Waals surface area contributed by atoms with E-state index in [9.17, 15) is 0 Å². The summed E-state index contributed by atoms with van der Waals surface area (Å²) in [6, 6.07) is 15.6. The van der Waals surface area contributed by atoms with E-state index in [1.54, 1.807) is 6.21 Å². The molecule has 0 amide bonds. The molecule has 3 aromatic rings. The zero-order valence-electron chi connectivity index (χ0n) is 11.2. The number of hydrazone groups is 1. The number of pyridine rings is 1. The molecule has 1 N–H and O–H groups in total. The first kappa shape index (κ1) is 15.1. The third-order valence-corrected chi connectivity index (χ3v) is 4.05. The first-order chi connectivity index (χ1) is 10.6. The second kappa shape index (κ2) is 6.53. The second-order valence-corrected chi connectivity index (χ2v) is 5.70. The van der Waals surface area contributed by atoms with Crippen molar-refractivity contribution in [2.45, 2.75) is 0 Å². The summed E-state index contributed by atoms with van der Waals surface area (Å²) in [6.45, 7) is 0. The predicted molar refractivity (Wildman–Crippen MR) is 94.4 cm³/mol. The smallest absolute Gasteiger partial charge is 0.166 e. The Morgan fingerprint density at radius 2 is 1.73 bits per heavy atom. The second-order valence-electron chi connectivity index (χ2n) is 4.53. The molecule has 0 unspecified atom stereocenters. The van der Waals surface area contributed by atoms with Gasteiger partial charge in [0, 0.05) is 5.56 Å². The fraction of sp³-hybridized carbons (Fsp3) is 0. The van der Waals surface area contributed by atoms with E-state index in [2.05, 4.69) is 27.6 Å². The van der Waals surface area contributed by atoms with Crippen LogP contribution in [0.4, 0.5) is 5.82 Å². The highest BCUT2D eigenvalue weighted by Gasteiger charge is 2.06. The number of halogens is 3. The van der Waals surface area contributed by atoms with Gasteiger partial charge in [0.1, 0.15) is 5.15 Å². The van der Waals surface area contributed by atoms with E-state index in [0.717, 1.165) is 16.3 Å². The number of nitrogens with zero attached hydrogens (tertiary/aromatic N) is 2. The minimum Gasteiger partial charge on any atom is -0.260 e. The Balaban J connectivity index is 1.87. The molecule has 6 heteroatoms. The number of nitrogens with one attached hydrogen (secondary N) is 1. The van der Waals surface area contributed by atoms with Gasteiger partial charge in [-0.25, -0.2) is 4.98 Å². The first-order valence-corrected chi connectivity index (χ1v) is 7.57. The van der Waals surface area contributed by atoms with Crippen molar-refractivity contribution >= 4 is 57.6 Å². The van der Waals surface area contributed by atoms with Gasteiger partial charge in [0.15, 0.2) is 5.82 Å². The molecule has 3 nitrogen and oxygen atoms in total. The lowest BCUT2D eigenvalue weighted by molar-refractivity contribution is 1.23. The Labute approximate surface area is 142 Å². The minimum atomic E-state index is 0.175. The van der Waals surface area contributed by atoms with E-state index < -0.39 is 0 Å². The molecule has 1 heterocycles. The Morgan fingerprint density at radius 3 is 2.59 bits per heavy atom. The van der Waals surface area contributed by atoms with Crippen LogP contribution in [0, 0.1) is 0 Å². The van der Waals surface area contributed by atoms with Crippen LogP contribution in [0.2, 0.25) is 15.2 Å². The number of benzene rings is 2. The van der Waals surface area contributed by atoms with Gasteiger partial charge in [-0.1, -0.05) is 77.3 Å². The van der Waals surface area contributed by atoms with Crippen molar-refractivity contribution in [3.8, 4) is 0 Å². The van der Waals surface area contributed by atoms with Crippen molar-refractivity contribution in [1.29, 1.82) is 0 Å². The average molecular weight is 351 g/mol. The van der Waals surface area contributed by atoms with E-state index in [1.807, 2.05) is 30.3 Å². The third kappa shape index (κ3) is 3.17. The fourth-order valence-electron chi connectivity index (χ4n) is 2.05. The van der Waals surface area contributed by atoms with Crippen LogP contribution in [0.15, 0.2) is 53.6 Å². The molecular weight excluding hydrogens is 341 g/mol. The predicted octanol–water partition coefficient (Wildman–Crippen LogP) is 5.64. The zero-order valence-corrected chi connectivity index (χ0v) is 13.5. The minimum absolute atomic E-state index is 0.175. The van der Waals surface area contributed by atoms with Crippen molar-refractivity contribution in [1.82, 2.24) is 4.98 Å². The maximum Gasteiger partial charge on any atom is 0.166 e. The van der Waals surface area contributed by atoms with Crippen LogP contribution in [0.5, 0.6) is 0 Å².